The van der Waals surface area contributed by atoms with Crippen LogP contribution in [0.3, 0.4) is 0 Å². The highest BCUT2D eigenvalue weighted by Crippen LogP contribution is 2.33. The molecule has 0 aliphatic carbocycles. The van der Waals surface area contributed by atoms with Crippen molar-refractivity contribution in [2.24, 2.45) is 0 Å². The second-order valence-electron chi connectivity index (χ2n) is 9.74. The maximum atomic E-state index is 13.0. The molecule has 36 heavy (non-hydrogen) atoms. The monoisotopic (exact) mass is 509 g/mol. The summed E-state index contributed by atoms with van der Waals surface area (Å²) in [5.74, 6) is 0.551. The van der Waals surface area contributed by atoms with Crippen LogP contribution in [0.25, 0.3) is 16.6 Å². The van der Waals surface area contributed by atoms with Gasteiger partial charge in [-0.15, -0.1) is 0 Å². The number of fused-ring (bicyclic) bond motifs is 1. The van der Waals surface area contributed by atoms with E-state index in [-0.39, 0.29) is 5.91 Å². The van der Waals surface area contributed by atoms with Gasteiger partial charge in [-0.1, -0.05) is 23.7 Å². The number of carbonyl (C=O) groups excluding carboxylic acids is 1. The molecule has 0 unspecified atom stereocenters. The third-order valence-corrected chi connectivity index (χ3v) is 6.52. The Bertz CT molecular complexity index is 1380. The highest BCUT2D eigenvalue weighted by Gasteiger charge is 2.50. The Hall–Kier alpha value is -3.47. The fourth-order valence-corrected chi connectivity index (χ4v) is 4.47. The third kappa shape index (κ3) is 4.79. The van der Waals surface area contributed by atoms with Crippen LogP contribution >= 0.6 is 11.6 Å². The molecule has 5 rings (SSSR count). The van der Waals surface area contributed by atoms with E-state index in [1.807, 2.05) is 35.5 Å². The molecular formula is C25H28ClN7O3. The summed E-state index contributed by atoms with van der Waals surface area (Å²) in [6, 6.07) is 9.35. The molecule has 0 spiro atoms. The standard InChI is InChI=1S/C25H28ClN7O3/c1-24(2,35)13-32-11-19(10-29-32)18-8-21-22(28-16-30-33(21)12-18)31-14-25(15-31,36-3)23(34)27-9-17-4-6-20(26)7-5-17/h4-8,10-12,16,35H,9,13-15H2,1-3H3,(H,27,34). The Morgan fingerprint density at radius 2 is 1.94 bits per heavy atom. The molecule has 188 valence electrons. The van der Waals surface area contributed by atoms with E-state index in [0.717, 1.165) is 28.0 Å². The zero-order chi connectivity index (χ0) is 25.5. The average Bonchev–Trinajstić information content (AvgIpc) is 3.44. The second kappa shape index (κ2) is 9.20. The lowest BCUT2D eigenvalue weighted by Gasteiger charge is -2.48. The molecule has 1 fully saturated rings. The number of aliphatic hydroxyl groups is 1. The number of benzene rings is 1. The molecule has 1 saturated heterocycles. The molecule has 0 saturated carbocycles. The van der Waals surface area contributed by atoms with Crippen LogP contribution in [0, 0.1) is 0 Å². The average molecular weight is 510 g/mol. The number of aromatic nitrogens is 5. The first kappa shape index (κ1) is 24.2. The molecule has 0 radical (unpaired) electrons. The van der Waals surface area contributed by atoms with E-state index in [1.54, 1.807) is 48.5 Å². The Balaban J connectivity index is 1.30. The highest BCUT2D eigenvalue weighted by atomic mass is 35.5. The minimum atomic E-state index is -0.956. The minimum Gasteiger partial charge on any atom is -0.389 e. The van der Waals surface area contributed by atoms with Gasteiger partial charge >= 0.3 is 0 Å². The number of rotatable bonds is 8. The van der Waals surface area contributed by atoms with E-state index in [1.165, 1.54) is 6.33 Å². The fraction of sp³-hybridized carbons (Fsp3) is 0.360. The van der Waals surface area contributed by atoms with E-state index < -0.39 is 11.2 Å². The Labute approximate surface area is 213 Å². The van der Waals surface area contributed by atoms with Crippen LogP contribution in [-0.4, -0.2) is 66.8 Å². The zero-order valence-corrected chi connectivity index (χ0v) is 21.1. The molecule has 2 N–H and O–H groups in total. The van der Waals surface area contributed by atoms with Gasteiger partial charge in [0.2, 0.25) is 0 Å². The molecule has 4 heterocycles. The molecule has 3 aromatic heterocycles. The van der Waals surface area contributed by atoms with Crippen LogP contribution in [0.4, 0.5) is 5.82 Å². The Morgan fingerprint density at radius 3 is 2.64 bits per heavy atom. The molecule has 11 heteroatoms. The number of nitrogens with one attached hydrogen (secondary N) is 1. The van der Waals surface area contributed by atoms with Crippen molar-refractivity contribution in [2.45, 2.75) is 38.1 Å². The summed E-state index contributed by atoms with van der Waals surface area (Å²) in [5.41, 5.74) is 1.79. The SMILES string of the molecule is COC1(C(=O)NCc2ccc(Cl)cc2)CN(c2ncnn3cc(-c4cnn(CC(C)(C)O)c4)cc23)C1. The number of amides is 1. The van der Waals surface area contributed by atoms with Crippen molar-refractivity contribution < 1.29 is 14.6 Å². The van der Waals surface area contributed by atoms with Crippen molar-refractivity contribution >= 4 is 28.8 Å². The lowest BCUT2D eigenvalue weighted by molar-refractivity contribution is -0.146. The summed E-state index contributed by atoms with van der Waals surface area (Å²) < 4.78 is 9.15. The summed E-state index contributed by atoms with van der Waals surface area (Å²) in [6.45, 7) is 5.00. The van der Waals surface area contributed by atoms with Crippen LogP contribution in [0.1, 0.15) is 19.4 Å². The maximum Gasteiger partial charge on any atom is 0.256 e. The van der Waals surface area contributed by atoms with Gasteiger partial charge in [-0.2, -0.15) is 10.2 Å². The van der Waals surface area contributed by atoms with Gasteiger partial charge < -0.3 is 20.1 Å². The van der Waals surface area contributed by atoms with Gasteiger partial charge in [-0.05, 0) is 37.6 Å². The Morgan fingerprint density at radius 1 is 1.19 bits per heavy atom. The Kier molecular flexibility index (Phi) is 6.19. The maximum absolute atomic E-state index is 13.0. The first-order valence-electron chi connectivity index (χ1n) is 11.6. The minimum absolute atomic E-state index is 0.170. The van der Waals surface area contributed by atoms with E-state index >= 15 is 0 Å². The van der Waals surface area contributed by atoms with Crippen molar-refractivity contribution in [3.63, 3.8) is 0 Å². The van der Waals surface area contributed by atoms with Crippen LogP contribution in [0.2, 0.25) is 5.02 Å². The molecule has 1 aromatic carbocycles. The number of hydrogen-bond acceptors (Lipinski definition) is 7. The van der Waals surface area contributed by atoms with Gasteiger partial charge in [0.05, 0.1) is 31.4 Å². The van der Waals surface area contributed by atoms with E-state index in [9.17, 15) is 9.90 Å². The molecule has 1 aliphatic heterocycles. The van der Waals surface area contributed by atoms with Crippen molar-refractivity contribution in [1.29, 1.82) is 0 Å². The lowest BCUT2D eigenvalue weighted by atomic mass is 9.92. The lowest BCUT2D eigenvalue weighted by Crippen LogP contribution is -2.70. The zero-order valence-electron chi connectivity index (χ0n) is 20.3. The third-order valence-electron chi connectivity index (χ3n) is 6.26. The van der Waals surface area contributed by atoms with E-state index in [0.29, 0.717) is 31.2 Å². The van der Waals surface area contributed by atoms with Gasteiger partial charge in [0.1, 0.15) is 11.8 Å². The molecule has 4 aromatic rings. The van der Waals surface area contributed by atoms with E-state index in [4.69, 9.17) is 16.3 Å². The quantitative estimate of drug-likeness (QED) is 0.375. The summed E-state index contributed by atoms with van der Waals surface area (Å²) in [6.07, 6.45) is 7.06. The van der Waals surface area contributed by atoms with Crippen LogP contribution < -0.4 is 10.2 Å². The molecule has 1 aliphatic rings. The fourth-order valence-electron chi connectivity index (χ4n) is 4.35. The molecule has 10 nitrogen and oxygen atoms in total. The number of methoxy groups -OCH3 is 1. The van der Waals surface area contributed by atoms with Gasteiger partial charge in [0.15, 0.2) is 11.4 Å². The predicted molar refractivity (Wildman–Crippen MR) is 136 cm³/mol. The van der Waals surface area contributed by atoms with Crippen molar-refractivity contribution in [3.8, 4) is 11.1 Å². The topological polar surface area (TPSA) is 110 Å². The summed E-state index contributed by atoms with van der Waals surface area (Å²) in [7, 11) is 1.55. The number of anilines is 1. The number of halogens is 1. The summed E-state index contributed by atoms with van der Waals surface area (Å²) >= 11 is 5.94. The number of nitrogens with zero attached hydrogens (tertiary/aromatic N) is 6. The van der Waals surface area contributed by atoms with Crippen LogP contribution in [0.15, 0.2) is 55.2 Å². The van der Waals surface area contributed by atoms with Crippen LogP contribution in [0.5, 0.6) is 0 Å². The summed E-state index contributed by atoms with van der Waals surface area (Å²) in [4.78, 5) is 19.5. The second-order valence-corrected chi connectivity index (χ2v) is 10.2. The summed E-state index contributed by atoms with van der Waals surface area (Å²) in [5, 5.41) is 22.4. The number of carbonyl (C=O) groups is 1. The number of hydrogen-bond donors (Lipinski definition) is 2. The first-order valence-corrected chi connectivity index (χ1v) is 12.0. The van der Waals surface area contributed by atoms with E-state index in [2.05, 4.69) is 20.5 Å². The molecule has 0 bridgehead atoms. The smallest absolute Gasteiger partial charge is 0.256 e. The molecule has 0 atom stereocenters. The highest BCUT2D eigenvalue weighted by molar-refractivity contribution is 6.30. The largest absolute Gasteiger partial charge is 0.389 e. The molecular weight excluding hydrogens is 482 g/mol. The first-order chi connectivity index (χ1) is 17.2. The van der Waals surface area contributed by atoms with Crippen LogP contribution in [-0.2, 0) is 22.6 Å². The van der Waals surface area contributed by atoms with Gasteiger partial charge in [-0.25, -0.2) is 9.50 Å². The van der Waals surface area contributed by atoms with Gasteiger partial charge in [0, 0.05) is 42.2 Å². The number of ether oxygens (including phenoxy) is 1. The predicted octanol–water partition coefficient (Wildman–Crippen LogP) is 2.54. The normalized spacial score (nSPS) is 15.2. The molecule has 1 amide bonds. The van der Waals surface area contributed by atoms with Gasteiger partial charge in [0.25, 0.3) is 5.91 Å². The van der Waals surface area contributed by atoms with Crippen molar-refractivity contribution in [3.05, 3.63) is 65.8 Å². The van der Waals surface area contributed by atoms with Gasteiger partial charge in [-0.3, -0.25) is 9.48 Å². The van der Waals surface area contributed by atoms with Crippen molar-refractivity contribution in [2.75, 3.05) is 25.1 Å². The van der Waals surface area contributed by atoms with Crippen molar-refractivity contribution in [1.82, 2.24) is 29.7 Å².